The Kier molecular flexibility index (Phi) is 5.05. The number of rotatable bonds is 7. The lowest BCUT2D eigenvalue weighted by molar-refractivity contribution is 0.0798. The molecule has 0 saturated heterocycles. The molecule has 1 heterocycles. The largest absolute Gasteiger partial charge is 0.396 e. The first-order valence-corrected chi connectivity index (χ1v) is 7.71. The van der Waals surface area contributed by atoms with Crippen molar-refractivity contribution in [2.75, 3.05) is 25.4 Å². The number of aliphatic hydroxyl groups is 1. The van der Waals surface area contributed by atoms with Crippen LogP contribution < -0.4 is 5.73 Å². The average molecular weight is 280 g/mol. The zero-order chi connectivity index (χ0) is 14.7. The van der Waals surface area contributed by atoms with Gasteiger partial charge in [-0.1, -0.05) is 13.3 Å². The number of hydrogen-bond acceptors (Lipinski definition) is 4. The molecule has 1 aromatic rings. The van der Waals surface area contributed by atoms with Gasteiger partial charge in [0, 0.05) is 13.1 Å². The van der Waals surface area contributed by atoms with Crippen LogP contribution in [0.15, 0.2) is 0 Å². The van der Waals surface area contributed by atoms with Gasteiger partial charge in [-0.05, 0) is 39.2 Å². The summed E-state index contributed by atoms with van der Waals surface area (Å²) in [5, 5.41) is 14.7. The average Bonchev–Trinajstić information content (AvgIpc) is 2.60. The van der Waals surface area contributed by atoms with Crippen LogP contribution in [0.3, 0.4) is 0 Å². The first-order valence-electron chi connectivity index (χ1n) is 7.71. The molecule has 0 aromatic carbocycles. The lowest BCUT2D eigenvalue weighted by Crippen LogP contribution is -2.39. The van der Waals surface area contributed by atoms with Gasteiger partial charge >= 0.3 is 0 Å². The van der Waals surface area contributed by atoms with Crippen LogP contribution in [0.4, 0.5) is 5.69 Å². The summed E-state index contributed by atoms with van der Waals surface area (Å²) in [7, 11) is 0. The third kappa shape index (κ3) is 3.52. The fraction of sp³-hybridized carbons (Fsp3) is 0.800. The predicted octanol–water partition coefficient (Wildman–Crippen LogP) is 1.57. The van der Waals surface area contributed by atoms with E-state index >= 15 is 0 Å². The van der Waals surface area contributed by atoms with Crippen molar-refractivity contribution in [1.82, 2.24) is 14.7 Å². The van der Waals surface area contributed by atoms with Gasteiger partial charge in [-0.2, -0.15) is 5.10 Å². The molecule has 20 heavy (non-hydrogen) atoms. The van der Waals surface area contributed by atoms with Crippen LogP contribution in [0.2, 0.25) is 0 Å². The van der Waals surface area contributed by atoms with Crippen LogP contribution in [0, 0.1) is 19.8 Å². The zero-order valence-electron chi connectivity index (χ0n) is 13.0. The Labute approximate surface area is 121 Å². The number of nitrogens with two attached hydrogens (primary N) is 1. The van der Waals surface area contributed by atoms with Crippen molar-refractivity contribution in [3.63, 3.8) is 0 Å². The Bertz CT molecular complexity index is 439. The summed E-state index contributed by atoms with van der Waals surface area (Å²) in [6, 6.07) is 0. The van der Waals surface area contributed by atoms with Crippen molar-refractivity contribution in [2.24, 2.45) is 5.92 Å². The summed E-state index contributed by atoms with van der Waals surface area (Å²) in [4.78, 5) is 2.35. The van der Waals surface area contributed by atoms with E-state index in [0.29, 0.717) is 13.1 Å². The minimum absolute atomic E-state index is 0.396. The van der Waals surface area contributed by atoms with Crippen molar-refractivity contribution >= 4 is 5.69 Å². The van der Waals surface area contributed by atoms with Crippen molar-refractivity contribution in [1.29, 1.82) is 0 Å². The molecule has 1 aromatic heterocycles. The quantitative estimate of drug-likeness (QED) is 0.795. The summed E-state index contributed by atoms with van der Waals surface area (Å²) in [5.41, 5.74) is 8.45. The van der Waals surface area contributed by atoms with E-state index in [2.05, 4.69) is 16.9 Å². The van der Waals surface area contributed by atoms with Crippen LogP contribution in [-0.2, 0) is 6.54 Å². The molecular formula is C15H28N4O. The van der Waals surface area contributed by atoms with Crippen LogP contribution in [-0.4, -0.2) is 45.5 Å². The summed E-state index contributed by atoms with van der Waals surface area (Å²) in [6.07, 6.45) is 3.67. The molecule has 0 amide bonds. The molecule has 0 spiro atoms. The first kappa shape index (κ1) is 15.3. The summed E-state index contributed by atoms with van der Waals surface area (Å²) < 4.78 is 1.83. The zero-order valence-corrected chi connectivity index (χ0v) is 13.0. The van der Waals surface area contributed by atoms with Crippen LogP contribution >= 0.6 is 0 Å². The minimum Gasteiger partial charge on any atom is -0.396 e. The SMILES string of the molecule is CCN(CC(O)Cn1nc(C)c(N)c1C)CC1CCC1. The summed E-state index contributed by atoms with van der Waals surface area (Å²) in [6.45, 7) is 9.36. The third-order valence-corrected chi connectivity index (χ3v) is 4.48. The van der Waals surface area contributed by atoms with E-state index in [9.17, 15) is 5.11 Å². The Morgan fingerprint density at radius 2 is 2.15 bits per heavy atom. The number of hydrogen-bond donors (Lipinski definition) is 2. The number of likely N-dealkylation sites (N-methyl/N-ethyl adjacent to an activating group) is 1. The number of anilines is 1. The molecule has 114 valence electrons. The Hall–Kier alpha value is -1.07. The molecule has 3 N–H and O–H groups in total. The monoisotopic (exact) mass is 280 g/mol. The van der Waals surface area contributed by atoms with E-state index < -0.39 is 6.10 Å². The highest BCUT2D eigenvalue weighted by molar-refractivity contribution is 5.46. The van der Waals surface area contributed by atoms with Gasteiger partial charge in [-0.25, -0.2) is 0 Å². The van der Waals surface area contributed by atoms with E-state index in [1.165, 1.54) is 19.3 Å². The molecule has 1 aliphatic rings. The van der Waals surface area contributed by atoms with Gasteiger partial charge in [0.05, 0.1) is 29.7 Å². The van der Waals surface area contributed by atoms with Crippen molar-refractivity contribution < 1.29 is 5.11 Å². The van der Waals surface area contributed by atoms with Gasteiger partial charge in [-0.3, -0.25) is 4.68 Å². The fourth-order valence-corrected chi connectivity index (χ4v) is 2.82. The highest BCUT2D eigenvalue weighted by Gasteiger charge is 2.22. The maximum absolute atomic E-state index is 10.3. The molecule has 2 rings (SSSR count). The van der Waals surface area contributed by atoms with Crippen LogP contribution in [0.1, 0.15) is 37.6 Å². The second-order valence-corrected chi connectivity index (χ2v) is 6.07. The Morgan fingerprint density at radius 3 is 2.60 bits per heavy atom. The topological polar surface area (TPSA) is 67.3 Å². The van der Waals surface area contributed by atoms with E-state index in [0.717, 1.165) is 36.1 Å². The minimum atomic E-state index is -0.396. The van der Waals surface area contributed by atoms with Crippen molar-refractivity contribution in [2.45, 2.75) is 52.7 Å². The molecule has 5 heteroatoms. The van der Waals surface area contributed by atoms with E-state index in [4.69, 9.17) is 5.73 Å². The standard InChI is InChI=1S/C15H28N4O/c1-4-18(8-13-6-5-7-13)9-14(20)10-19-12(3)15(16)11(2)17-19/h13-14,20H,4-10,16H2,1-3H3. The third-order valence-electron chi connectivity index (χ3n) is 4.48. The molecule has 5 nitrogen and oxygen atoms in total. The van der Waals surface area contributed by atoms with Gasteiger partial charge in [0.15, 0.2) is 0 Å². The number of nitrogens with zero attached hydrogens (tertiary/aromatic N) is 3. The van der Waals surface area contributed by atoms with Gasteiger partial charge < -0.3 is 15.7 Å². The lowest BCUT2D eigenvalue weighted by Gasteiger charge is -2.32. The van der Waals surface area contributed by atoms with Gasteiger partial charge in [-0.15, -0.1) is 0 Å². The molecule has 1 aliphatic carbocycles. The van der Waals surface area contributed by atoms with Gasteiger partial charge in [0.25, 0.3) is 0 Å². The molecule has 1 saturated carbocycles. The number of aryl methyl sites for hydroxylation is 1. The highest BCUT2D eigenvalue weighted by atomic mass is 16.3. The molecule has 1 fully saturated rings. The molecular weight excluding hydrogens is 252 g/mol. The number of nitrogen functional groups attached to an aromatic ring is 1. The van der Waals surface area contributed by atoms with Gasteiger partial charge in [0.2, 0.25) is 0 Å². The van der Waals surface area contributed by atoms with Crippen molar-refractivity contribution in [3.8, 4) is 0 Å². The van der Waals surface area contributed by atoms with Crippen LogP contribution in [0.25, 0.3) is 0 Å². The van der Waals surface area contributed by atoms with Gasteiger partial charge in [0.1, 0.15) is 0 Å². The molecule has 1 atom stereocenters. The first-order chi connectivity index (χ1) is 9.51. The van der Waals surface area contributed by atoms with Crippen LogP contribution in [0.5, 0.6) is 0 Å². The highest BCUT2D eigenvalue weighted by Crippen LogP contribution is 2.27. The molecule has 1 unspecified atom stereocenters. The second-order valence-electron chi connectivity index (χ2n) is 6.07. The normalized spacial score (nSPS) is 17.4. The maximum Gasteiger partial charge on any atom is 0.0862 e. The molecule has 0 bridgehead atoms. The number of aliphatic hydroxyl groups excluding tert-OH is 1. The smallest absolute Gasteiger partial charge is 0.0862 e. The van der Waals surface area contributed by atoms with E-state index in [1.54, 1.807) is 0 Å². The van der Waals surface area contributed by atoms with E-state index in [-0.39, 0.29) is 0 Å². The summed E-state index contributed by atoms with van der Waals surface area (Å²) >= 11 is 0. The molecule has 0 radical (unpaired) electrons. The van der Waals surface area contributed by atoms with E-state index in [1.807, 2.05) is 18.5 Å². The lowest BCUT2D eigenvalue weighted by atomic mass is 9.85. The Morgan fingerprint density at radius 1 is 1.45 bits per heavy atom. The fourth-order valence-electron chi connectivity index (χ4n) is 2.82. The summed E-state index contributed by atoms with van der Waals surface area (Å²) in [5.74, 6) is 0.839. The predicted molar refractivity (Wildman–Crippen MR) is 81.6 cm³/mol. The van der Waals surface area contributed by atoms with Crippen molar-refractivity contribution in [3.05, 3.63) is 11.4 Å². The molecule has 0 aliphatic heterocycles. The maximum atomic E-state index is 10.3. The number of aromatic nitrogens is 2. The Balaban J connectivity index is 1.86. The second kappa shape index (κ2) is 6.59.